The van der Waals surface area contributed by atoms with Crippen LogP contribution in [0.4, 0.5) is 5.69 Å². The Balaban J connectivity index is 2.62. The molecule has 19 heavy (non-hydrogen) atoms. The molecule has 1 atom stereocenters. The molecule has 1 rings (SSSR count). The van der Waals surface area contributed by atoms with Crippen LogP contribution in [0, 0.1) is 17.2 Å². The molecule has 0 saturated heterocycles. The molecular formula is C14H17ClN2O2. The van der Waals surface area contributed by atoms with E-state index in [2.05, 4.69) is 5.32 Å². The van der Waals surface area contributed by atoms with E-state index in [1.165, 1.54) is 0 Å². The van der Waals surface area contributed by atoms with Crippen molar-refractivity contribution in [1.29, 1.82) is 5.26 Å². The second-order valence-corrected chi connectivity index (χ2v) is 5.10. The number of hydrogen-bond acceptors (Lipinski definition) is 4. The summed E-state index contributed by atoms with van der Waals surface area (Å²) in [5, 5.41) is 12.1. The largest absolute Gasteiger partial charge is 0.464 e. The number of carbonyl (C=O) groups excluding carboxylic acids is 1. The first kappa shape index (κ1) is 15.3. The van der Waals surface area contributed by atoms with Crippen LogP contribution in [-0.4, -0.2) is 18.6 Å². The third kappa shape index (κ3) is 4.80. The minimum atomic E-state index is -0.470. The van der Waals surface area contributed by atoms with Crippen LogP contribution in [0.5, 0.6) is 0 Å². The van der Waals surface area contributed by atoms with E-state index >= 15 is 0 Å². The van der Waals surface area contributed by atoms with Gasteiger partial charge in [0.25, 0.3) is 0 Å². The monoisotopic (exact) mass is 280 g/mol. The minimum absolute atomic E-state index is 0.306. The van der Waals surface area contributed by atoms with E-state index in [1.54, 1.807) is 25.1 Å². The van der Waals surface area contributed by atoms with Crippen LogP contribution >= 0.6 is 11.6 Å². The number of hydrogen-bond donors (Lipinski definition) is 1. The fraction of sp³-hybridized carbons (Fsp3) is 0.429. The minimum Gasteiger partial charge on any atom is -0.464 e. The van der Waals surface area contributed by atoms with Crippen molar-refractivity contribution in [2.24, 2.45) is 5.92 Å². The van der Waals surface area contributed by atoms with Crippen LogP contribution in [0.15, 0.2) is 18.2 Å². The van der Waals surface area contributed by atoms with Crippen LogP contribution in [0.25, 0.3) is 0 Å². The summed E-state index contributed by atoms with van der Waals surface area (Å²) in [7, 11) is 0. The van der Waals surface area contributed by atoms with Gasteiger partial charge in [-0.2, -0.15) is 5.26 Å². The maximum Gasteiger partial charge on any atom is 0.328 e. The van der Waals surface area contributed by atoms with E-state index in [0.717, 1.165) is 0 Å². The highest BCUT2D eigenvalue weighted by Gasteiger charge is 2.15. The Kier molecular flexibility index (Phi) is 5.65. The highest BCUT2D eigenvalue weighted by atomic mass is 35.5. The Morgan fingerprint density at radius 1 is 1.47 bits per heavy atom. The third-order valence-electron chi connectivity index (χ3n) is 2.39. The maximum atomic E-state index is 11.7. The van der Waals surface area contributed by atoms with Gasteiger partial charge in [0, 0.05) is 5.69 Å². The summed E-state index contributed by atoms with van der Waals surface area (Å²) in [6.07, 6.45) is 0. The molecule has 1 unspecified atom stereocenters. The molecule has 0 amide bonds. The zero-order valence-corrected chi connectivity index (χ0v) is 12.0. The Hall–Kier alpha value is -1.73. The molecule has 0 aliphatic rings. The van der Waals surface area contributed by atoms with Gasteiger partial charge in [-0.15, -0.1) is 0 Å². The maximum absolute atomic E-state index is 11.7. The summed E-state index contributed by atoms with van der Waals surface area (Å²) < 4.78 is 5.13. The molecule has 0 bridgehead atoms. The topological polar surface area (TPSA) is 62.1 Å². The van der Waals surface area contributed by atoms with Gasteiger partial charge < -0.3 is 10.1 Å². The number of esters is 1. The summed E-state index contributed by atoms with van der Waals surface area (Å²) in [5.74, 6) is -0.00492. The van der Waals surface area contributed by atoms with Crippen LogP contribution in [0.1, 0.15) is 26.3 Å². The molecule has 5 heteroatoms. The van der Waals surface area contributed by atoms with Gasteiger partial charge in [-0.1, -0.05) is 25.4 Å². The molecule has 0 radical (unpaired) electrons. The van der Waals surface area contributed by atoms with Crippen LogP contribution in [-0.2, 0) is 9.53 Å². The Morgan fingerprint density at radius 2 is 2.16 bits per heavy atom. The summed E-state index contributed by atoms with van der Waals surface area (Å²) in [4.78, 5) is 11.7. The van der Waals surface area contributed by atoms with E-state index in [-0.39, 0.29) is 5.97 Å². The van der Waals surface area contributed by atoms with Crippen molar-refractivity contribution < 1.29 is 9.53 Å². The molecule has 1 N–H and O–H groups in total. The normalized spacial score (nSPS) is 11.8. The number of halogens is 1. The van der Waals surface area contributed by atoms with E-state index in [1.807, 2.05) is 19.9 Å². The number of benzene rings is 1. The van der Waals surface area contributed by atoms with Crippen molar-refractivity contribution in [1.82, 2.24) is 0 Å². The fourth-order valence-electron chi connectivity index (χ4n) is 1.38. The lowest BCUT2D eigenvalue weighted by atomic mass is 10.2. The van der Waals surface area contributed by atoms with Crippen LogP contribution in [0.3, 0.4) is 0 Å². The molecule has 0 aromatic heterocycles. The second-order valence-electron chi connectivity index (χ2n) is 4.70. The first-order valence-electron chi connectivity index (χ1n) is 6.07. The van der Waals surface area contributed by atoms with Gasteiger partial charge in [-0.05, 0) is 31.0 Å². The Bertz CT molecular complexity index is 495. The summed E-state index contributed by atoms with van der Waals surface area (Å²) in [6, 6.07) is 6.44. The molecule has 4 nitrogen and oxygen atoms in total. The van der Waals surface area contributed by atoms with E-state index in [9.17, 15) is 4.79 Å². The van der Waals surface area contributed by atoms with Crippen molar-refractivity contribution in [3.63, 3.8) is 0 Å². The molecule has 0 aliphatic heterocycles. The van der Waals surface area contributed by atoms with Gasteiger partial charge >= 0.3 is 5.97 Å². The average Bonchev–Trinajstić information content (AvgIpc) is 2.36. The zero-order chi connectivity index (χ0) is 14.4. The standard InChI is InChI=1S/C14H17ClN2O2/c1-9(2)8-19-14(18)10(3)17-12-5-4-11(7-16)13(15)6-12/h4-6,9-10,17H,8H2,1-3H3. The molecule has 0 spiro atoms. The van der Waals surface area contributed by atoms with Gasteiger partial charge in [0.15, 0.2) is 0 Å². The van der Waals surface area contributed by atoms with Crippen molar-refractivity contribution in [3.8, 4) is 6.07 Å². The van der Waals surface area contributed by atoms with Gasteiger partial charge in [0.2, 0.25) is 0 Å². The Morgan fingerprint density at radius 3 is 2.68 bits per heavy atom. The van der Waals surface area contributed by atoms with Crippen molar-refractivity contribution in [2.75, 3.05) is 11.9 Å². The lowest BCUT2D eigenvalue weighted by Gasteiger charge is -2.15. The van der Waals surface area contributed by atoms with Crippen molar-refractivity contribution in [3.05, 3.63) is 28.8 Å². The number of anilines is 1. The molecule has 0 aliphatic carbocycles. The first-order valence-corrected chi connectivity index (χ1v) is 6.44. The van der Waals surface area contributed by atoms with Gasteiger partial charge in [0.05, 0.1) is 17.2 Å². The predicted molar refractivity (Wildman–Crippen MR) is 75.0 cm³/mol. The fourth-order valence-corrected chi connectivity index (χ4v) is 1.60. The molecular weight excluding hydrogens is 264 g/mol. The number of rotatable bonds is 5. The second kappa shape index (κ2) is 7.01. The van der Waals surface area contributed by atoms with Gasteiger partial charge in [0.1, 0.15) is 12.1 Å². The average molecular weight is 281 g/mol. The quantitative estimate of drug-likeness (QED) is 0.841. The first-order chi connectivity index (χ1) is 8.93. The van der Waals surface area contributed by atoms with E-state index in [0.29, 0.717) is 28.8 Å². The van der Waals surface area contributed by atoms with Crippen molar-refractivity contribution >= 4 is 23.3 Å². The van der Waals surface area contributed by atoms with Gasteiger partial charge in [-0.3, -0.25) is 0 Å². The Labute approximate surface area is 118 Å². The van der Waals surface area contributed by atoms with Crippen LogP contribution in [0.2, 0.25) is 5.02 Å². The molecule has 1 aromatic rings. The number of nitrogens with one attached hydrogen (secondary N) is 1. The zero-order valence-electron chi connectivity index (χ0n) is 11.2. The summed E-state index contributed by atoms with van der Waals surface area (Å²) in [6.45, 7) is 6.07. The van der Waals surface area contributed by atoms with E-state index < -0.39 is 6.04 Å². The highest BCUT2D eigenvalue weighted by molar-refractivity contribution is 6.32. The lowest BCUT2D eigenvalue weighted by molar-refractivity contribution is -0.145. The predicted octanol–water partition coefficient (Wildman–Crippen LogP) is 3.21. The number of nitrogens with zero attached hydrogens (tertiary/aromatic N) is 1. The van der Waals surface area contributed by atoms with Gasteiger partial charge in [-0.25, -0.2) is 4.79 Å². The molecule has 0 fully saturated rings. The van der Waals surface area contributed by atoms with Crippen molar-refractivity contribution in [2.45, 2.75) is 26.8 Å². The molecule has 0 heterocycles. The lowest BCUT2D eigenvalue weighted by Crippen LogP contribution is -2.29. The SMILES string of the molecule is CC(C)COC(=O)C(C)Nc1ccc(C#N)c(Cl)c1. The molecule has 0 saturated carbocycles. The van der Waals surface area contributed by atoms with Crippen LogP contribution < -0.4 is 5.32 Å². The molecule has 1 aromatic carbocycles. The number of carbonyl (C=O) groups is 1. The molecule has 102 valence electrons. The number of ether oxygens (including phenoxy) is 1. The smallest absolute Gasteiger partial charge is 0.328 e. The third-order valence-corrected chi connectivity index (χ3v) is 2.70. The summed E-state index contributed by atoms with van der Waals surface area (Å²) in [5.41, 5.74) is 1.08. The number of nitriles is 1. The highest BCUT2D eigenvalue weighted by Crippen LogP contribution is 2.20. The van der Waals surface area contributed by atoms with E-state index in [4.69, 9.17) is 21.6 Å². The summed E-state index contributed by atoms with van der Waals surface area (Å²) >= 11 is 5.92.